The predicted molar refractivity (Wildman–Crippen MR) is 202 cm³/mol. The third-order valence-corrected chi connectivity index (χ3v) is 11.0. The van der Waals surface area contributed by atoms with Gasteiger partial charge in [-0.3, -0.25) is 0 Å². The van der Waals surface area contributed by atoms with E-state index in [0.717, 1.165) is 6.54 Å². The van der Waals surface area contributed by atoms with Crippen molar-refractivity contribution in [2.24, 2.45) is 0 Å². The van der Waals surface area contributed by atoms with Crippen molar-refractivity contribution < 1.29 is 115 Å². The summed E-state index contributed by atoms with van der Waals surface area (Å²) >= 11 is 1.34. The van der Waals surface area contributed by atoms with Crippen LogP contribution in [0.1, 0.15) is 50.1 Å². The molecule has 0 saturated heterocycles. The second-order valence-electron chi connectivity index (χ2n) is 15.1. The van der Waals surface area contributed by atoms with E-state index in [4.69, 9.17) is 5.11 Å². The van der Waals surface area contributed by atoms with Crippen LogP contribution in [0, 0.1) is 0 Å². The molecule has 6 aromatic rings. The summed E-state index contributed by atoms with van der Waals surface area (Å²) in [6.07, 6.45) is -53.1. The Balaban J connectivity index is 0.000000600. The Morgan fingerprint density at radius 2 is 0.586 bits per heavy atom. The minimum absolute atomic E-state index is 0.357. The minimum Gasteiger partial charge on any atom is -0.495 e. The van der Waals surface area contributed by atoms with Crippen LogP contribution >= 0.6 is 11.3 Å². The highest BCUT2D eigenvalue weighted by atomic mass is 32.1. The molecule has 1 N–H and O–H groups in total. The number of thiazole rings is 1. The Morgan fingerprint density at radius 3 is 0.771 bits per heavy atom. The van der Waals surface area contributed by atoms with Gasteiger partial charge >= 0.3 is 49.4 Å². The summed E-state index contributed by atoms with van der Waals surface area (Å²) in [4.78, 5) is 0. The van der Waals surface area contributed by atoms with Crippen LogP contribution in [-0.4, -0.2) is 11.3 Å². The first kappa shape index (κ1) is 54.9. The molecule has 0 spiro atoms. The van der Waals surface area contributed by atoms with Crippen LogP contribution < -0.4 is 26.4 Å². The highest BCUT2D eigenvalue weighted by Gasteiger charge is 2.47. The molecule has 0 atom stereocenters. The lowest BCUT2D eigenvalue weighted by Gasteiger charge is -2.46. The maximum atomic E-state index is 14.2. The van der Waals surface area contributed by atoms with Crippen molar-refractivity contribution >= 4 is 39.3 Å². The van der Waals surface area contributed by atoms with Crippen LogP contribution in [0.2, 0.25) is 0 Å². The van der Waals surface area contributed by atoms with E-state index in [9.17, 15) is 105 Å². The largest absolute Gasteiger partial charge is 0.495 e. The summed E-state index contributed by atoms with van der Waals surface area (Å²) in [6, 6.07) is 1.36. The van der Waals surface area contributed by atoms with Crippen LogP contribution in [0.4, 0.5) is 105 Å². The number of rotatable bonds is 6. The van der Waals surface area contributed by atoms with E-state index >= 15 is 0 Å². The molecule has 1 aromatic heterocycles. The minimum atomic E-state index is -6.13. The molecule has 0 saturated carbocycles. The van der Waals surface area contributed by atoms with Gasteiger partial charge in [0.1, 0.15) is 6.15 Å². The van der Waals surface area contributed by atoms with E-state index in [1.54, 1.807) is 6.20 Å². The molecule has 0 unspecified atom stereocenters. The van der Waals surface area contributed by atoms with Crippen LogP contribution in [0.5, 0.6) is 5.06 Å². The summed E-state index contributed by atoms with van der Waals surface area (Å²) in [5.74, 6) is 0. The SMILES string of the molecule is FC(F)(F)c1cc([B-](c2cc(C(F)(F)F)cc(C(F)(F)F)c2)(c2cc(C(F)(F)F)cc(C(F)(F)F)c2)c2cc(C(F)(F)F)cc(C(F)(F)F)c2)cc(C(F)(F)F)c1.Oc1c[n+](Cc2ccccc2)cs1. The van der Waals surface area contributed by atoms with Gasteiger partial charge in [-0.15, -0.1) is 0 Å². The quantitative estimate of drug-likeness (QED) is 0.100. The Kier molecular flexibility index (Phi) is 14.6. The van der Waals surface area contributed by atoms with Gasteiger partial charge in [0.05, 0.1) is 44.5 Å². The number of aromatic hydroxyl groups is 1. The number of halogens is 24. The van der Waals surface area contributed by atoms with Gasteiger partial charge in [0, 0.05) is 5.56 Å². The fourth-order valence-electron chi connectivity index (χ4n) is 7.27. The number of hydrogen-bond donors (Lipinski definition) is 1. The summed E-state index contributed by atoms with van der Waals surface area (Å²) in [5.41, 5.74) is -27.1. The highest BCUT2D eigenvalue weighted by Crippen LogP contribution is 2.41. The van der Waals surface area contributed by atoms with Crippen LogP contribution in [-0.2, 0) is 56.0 Å². The molecule has 0 aliphatic heterocycles. The van der Waals surface area contributed by atoms with Crippen LogP contribution in [0.15, 0.2) is 115 Å². The zero-order chi connectivity index (χ0) is 53.0. The van der Waals surface area contributed by atoms with E-state index < -0.39 is 195 Å². The Morgan fingerprint density at radius 1 is 0.357 bits per heavy atom. The van der Waals surface area contributed by atoms with Gasteiger partial charge in [-0.1, -0.05) is 78.9 Å². The Bertz CT molecular complexity index is 2370. The zero-order valence-corrected chi connectivity index (χ0v) is 34.4. The van der Waals surface area contributed by atoms with Crippen molar-refractivity contribution in [3.8, 4) is 5.06 Å². The van der Waals surface area contributed by atoms with Gasteiger partial charge in [-0.25, -0.2) is 0 Å². The molecule has 2 nitrogen and oxygen atoms in total. The van der Waals surface area contributed by atoms with Gasteiger partial charge in [-0.05, 0) is 35.6 Å². The zero-order valence-electron chi connectivity index (χ0n) is 33.6. The third-order valence-electron chi connectivity index (χ3n) is 10.2. The predicted octanol–water partition coefficient (Wildman–Crippen LogP) is 13.0. The number of alkyl halides is 24. The first-order valence-corrected chi connectivity index (χ1v) is 19.5. The lowest BCUT2D eigenvalue weighted by atomic mass is 9.12. The average Bonchev–Trinajstić information content (AvgIpc) is 3.62. The monoisotopic (exact) mass is 1060 g/mol. The molecule has 0 aliphatic rings. The fraction of sp³-hybridized carbons (Fsp3) is 0.214. The maximum absolute atomic E-state index is 14.2. The van der Waals surface area contributed by atoms with Crippen molar-refractivity contribution in [1.82, 2.24) is 0 Å². The molecule has 378 valence electrons. The van der Waals surface area contributed by atoms with E-state index in [2.05, 4.69) is 12.1 Å². The molecule has 28 heteroatoms. The van der Waals surface area contributed by atoms with Crippen molar-refractivity contribution in [3.05, 3.63) is 165 Å². The molecule has 0 bridgehead atoms. The smallest absolute Gasteiger partial charge is 0.416 e. The molecule has 70 heavy (non-hydrogen) atoms. The summed E-state index contributed by atoms with van der Waals surface area (Å²) < 4.78 is 343. The topological polar surface area (TPSA) is 24.1 Å². The molecule has 6 rings (SSSR count). The van der Waals surface area contributed by atoms with Crippen molar-refractivity contribution in [3.63, 3.8) is 0 Å². The maximum Gasteiger partial charge on any atom is 0.416 e. The van der Waals surface area contributed by atoms with Crippen molar-refractivity contribution in [2.45, 2.75) is 56.0 Å². The van der Waals surface area contributed by atoms with Crippen LogP contribution in [0.25, 0.3) is 0 Å². The van der Waals surface area contributed by atoms with Gasteiger partial charge in [0.25, 0.3) is 0 Å². The van der Waals surface area contributed by atoms with E-state index in [1.807, 2.05) is 28.3 Å². The lowest BCUT2D eigenvalue weighted by Crippen LogP contribution is -2.75. The summed E-state index contributed by atoms with van der Waals surface area (Å²) in [7, 11) is 0. The molecular weight excluding hydrogens is 1030 g/mol. The van der Waals surface area contributed by atoms with E-state index in [0.29, 0.717) is 5.06 Å². The Hall–Kier alpha value is -6.09. The molecule has 1 heterocycles. The third kappa shape index (κ3) is 12.6. The number of nitrogens with zero attached hydrogens (tertiary/aromatic N) is 1. The second kappa shape index (κ2) is 18.6. The molecule has 5 aromatic carbocycles. The molecule has 0 aliphatic carbocycles. The van der Waals surface area contributed by atoms with Gasteiger partial charge < -0.3 is 5.11 Å². The Labute approximate surface area is 380 Å². The molecular formula is C42H22BF24NOS. The average molecular weight is 1060 g/mol. The van der Waals surface area contributed by atoms with Gasteiger partial charge in [0.15, 0.2) is 6.54 Å². The summed E-state index contributed by atoms with van der Waals surface area (Å²) in [6.45, 7) is 0.817. The standard InChI is InChI=1S/C32H12BF24.C10H9NOS/c34-25(35,36)13-1-14(26(37,38)39)6-21(5-13)33(22-7-15(27(40,41)42)2-16(8-22)28(43,44)45,23-9-17(29(46,47)48)3-18(10-23)30(49,50)51)24-11-19(31(52,53)54)4-20(12-24)32(55,56)57;12-10-7-11(8-13-10)6-9-4-2-1-3-5-9/h1-12H;1-5,7-8H,6H2/q-1;/p+1. The van der Waals surface area contributed by atoms with Gasteiger partial charge in [-0.2, -0.15) is 132 Å². The molecule has 0 radical (unpaired) electrons. The fourth-order valence-corrected chi connectivity index (χ4v) is 7.85. The number of benzene rings is 5. The van der Waals surface area contributed by atoms with Crippen molar-refractivity contribution in [2.75, 3.05) is 0 Å². The van der Waals surface area contributed by atoms with Crippen LogP contribution in [0.3, 0.4) is 0 Å². The van der Waals surface area contributed by atoms with Gasteiger partial charge in [0.2, 0.25) is 16.8 Å². The lowest BCUT2D eigenvalue weighted by molar-refractivity contribution is -0.683. The van der Waals surface area contributed by atoms with Crippen molar-refractivity contribution in [1.29, 1.82) is 0 Å². The second-order valence-corrected chi connectivity index (χ2v) is 15.9. The first-order valence-electron chi connectivity index (χ1n) is 18.7. The normalized spacial score (nSPS) is 13.5. The number of aromatic nitrogens is 1. The first-order chi connectivity index (χ1) is 31.6. The summed E-state index contributed by atoms with van der Waals surface area (Å²) in [5, 5.41) is 9.49. The molecule has 0 fully saturated rings. The highest BCUT2D eigenvalue weighted by molar-refractivity contribution is 7.20. The molecule has 0 amide bonds. The van der Waals surface area contributed by atoms with E-state index in [1.165, 1.54) is 16.9 Å². The van der Waals surface area contributed by atoms with E-state index in [-0.39, 0.29) is 0 Å². The number of hydrogen-bond acceptors (Lipinski definition) is 2.